The van der Waals surface area contributed by atoms with Crippen LogP contribution in [0.15, 0.2) is 18.2 Å². The van der Waals surface area contributed by atoms with Crippen LogP contribution in [0.5, 0.6) is 0 Å². The van der Waals surface area contributed by atoms with E-state index in [-0.39, 0.29) is 0 Å². The Hall–Kier alpha value is -0.730. The van der Waals surface area contributed by atoms with Crippen LogP contribution in [-0.2, 0) is 6.42 Å². The van der Waals surface area contributed by atoms with Gasteiger partial charge in [-0.05, 0) is 37.1 Å². The zero-order valence-corrected chi connectivity index (χ0v) is 8.93. The maximum atomic E-state index is 5.97. The molecule has 0 bridgehead atoms. The van der Waals surface area contributed by atoms with Gasteiger partial charge in [0.05, 0.1) is 0 Å². The standard InChI is InChI=1S/C11H15ClN2/c12-10-3-2-9-4-7-14(6-1-5-13)11(9)8-10/h2-3,8H,1,4-7,13H2. The smallest absolute Gasteiger partial charge is 0.0426 e. The largest absolute Gasteiger partial charge is 0.371 e. The van der Waals surface area contributed by atoms with E-state index in [1.807, 2.05) is 6.07 Å². The molecule has 3 heteroatoms. The molecule has 1 aromatic rings. The number of halogens is 1. The van der Waals surface area contributed by atoms with E-state index in [0.717, 1.165) is 37.5 Å². The van der Waals surface area contributed by atoms with Crippen LogP contribution in [0.2, 0.25) is 5.02 Å². The summed E-state index contributed by atoms with van der Waals surface area (Å²) in [6.45, 7) is 2.91. The number of benzene rings is 1. The molecule has 1 aliphatic rings. The van der Waals surface area contributed by atoms with Crippen LogP contribution in [0.1, 0.15) is 12.0 Å². The molecule has 0 atom stereocenters. The third kappa shape index (κ3) is 1.86. The Balaban J connectivity index is 2.16. The van der Waals surface area contributed by atoms with E-state index in [1.54, 1.807) is 0 Å². The highest BCUT2D eigenvalue weighted by atomic mass is 35.5. The molecule has 0 aliphatic carbocycles. The number of nitrogens with zero attached hydrogens (tertiary/aromatic N) is 1. The lowest BCUT2D eigenvalue weighted by Gasteiger charge is -2.18. The first-order valence-electron chi connectivity index (χ1n) is 5.04. The third-order valence-corrected chi connectivity index (χ3v) is 2.91. The second kappa shape index (κ2) is 4.20. The molecule has 0 unspecified atom stereocenters. The maximum Gasteiger partial charge on any atom is 0.0426 e. The average Bonchev–Trinajstić information content (AvgIpc) is 2.57. The van der Waals surface area contributed by atoms with Gasteiger partial charge in [0.2, 0.25) is 0 Å². The van der Waals surface area contributed by atoms with Crippen LogP contribution in [0.25, 0.3) is 0 Å². The van der Waals surface area contributed by atoms with Gasteiger partial charge in [0.15, 0.2) is 0 Å². The molecule has 0 aromatic heterocycles. The van der Waals surface area contributed by atoms with Crippen molar-refractivity contribution in [1.29, 1.82) is 0 Å². The van der Waals surface area contributed by atoms with Crippen molar-refractivity contribution in [2.75, 3.05) is 24.5 Å². The van der Waals surface area contributed by atoms with Gasteiger partial charge < -0.3 is 10.6 Å². The lowest BCUT2D eigenvalue weighted by molar-refractivity contribution is 0.759. The Kier molecular flexibility index (Phi) is 2.94. The Morgan fingerprint density at radius 3 is 3.07 bits per heavy atom. The molecule has 0 radical (unpaired) electrons. The average molecular weight is 211 g/mol. The molecular formula is C11H15ClN2. The van der Waals surface area contributed by atoms with Crippen LogP contribution in [0.4, 0.5) is 5.69 Å². The van der Waals surface area contributed by atoms with Crippen molar-refractivity contribution in [3.8, 4) is 0 Å². The molecule has 14 heavy (non-hydrogen) atoms. The van der Waals surface area contributed by atoms with E-state index in [9.17, 15) is 0 Å². The number of hydrogen-bond acceptors (Lipinski definition) is 2. The molecule has 0 saturated heterocycles. The molecule has 0 spiro atoms. The fourth-order valence-electron chi connectivity index (χ4n) is 1.93. The summed E-state index contributed by atoms with van der Waals surface area (Å²) in [6.07, 6.45) is 2.18. The summed E-state index contributed by atoms with van der Waals surface area (Å²) in [4.78, 5) is 2.37. The van der Waals surface area contributed by atoms with Crippen molar-refractivity contribution in [2.45, 2.75) is 12.8 Å². The fourth-order valence-corrected chi connectivity index (χ4v) is 2.10. The number of nitrogens with two attached hydrogens (primary N) is 1. The Morgan fingerprint density at radius 2 is 2.29 bits per heavy atom. The van der Waals surface area contributed by atoms with E-state index >= 15 is 0 Å². The Morgan fingerprint density at radius 1 is 1.43 bits per heavy atom. The number of rotatable bonds is 3. The van der Waals surface area contributed by atoms with E-state index < -0.39 is 0 Å². The van der Waals surface area contributed by atoms with Crippen molar-refractivity contribution in [1.82, 2.24) is 0 Å². The summed E-state index contributed by atoms with van der Waals surface area (Å²) in [5.74, 6) is 0. The van der Waals surface area contributed by atoms with Crippen molar-refractivity contribution >= 4 is 17.3 Å². The first-order valence-corrected chi connectivity index (χ1v) is 5.42. The zero-order valence-electron chi connectivity index (χ0n) is 8.17. The van der Waals surface area contributed by atoms with Gasteiger partial charge in [0, 0.05) is 23.8 Å². The topological polar surface area (TPSA) is 29.3 Å². The van der Waals surface area contributed by atoms with Crippen molar-refractivity contribution in [3.63, 3.8) is 0 Å². The van der Waals surface area contributed by atoms with E-state index in [4.69, 9.17) is 17.3 Å². The molecule has 2 nitrogen and oxygen atoms in total. The van der Waals surface area contributed by atoms with E-state index in [1.165, 1.54) is 11.3 Å². The van der Waals surface area contributed by atoms with Crippen LogP contribution in [-0.4, -0.2) is 19.6 Å². The summed E-state index contributed by atoms with van der Waals surface area (Å²) in [5, 5.41) is 0.823. The van der Waals surface area contributed by atoms with Gasteiger partial charge in [-0.25, -0.2) is 0 Å². The zero-order chi connectivity index (χ0) is 9.97. The van der Waals surface area contributed by atoms with Crippen molar-refractivity contribution < 1.29 is 0 Å². The van der Waals surface area contributed by atoms with Crippen LogP contribution in [0.3, 0.4) is 0 Å². The minimum absolute atomic E-state index is 0.756. The predicted molar refractivity (Wildman–Crippen MR) is 61.0 cm³/mol. The van der Waals surface area contributed by atoms with Crippen LogP contribution < -0.4 is 10.6 Å². The molecule has 1 aliphatic heterocycles. The molecule has 2 N–H and O–H groups in total. The van der Waals surface area contributed by atoms with Crippen LogP contribution in [0, 0.1) is 0 Å². The highest BCUT2D eigenvalue weighted by molar-refractivity contribution is 6.30. The third-order valence-electron chi connectivity index (χ3n) is 2.67. The monoisotopic (exact) mass is 210 g/mol. The van der Waals surface area contributed by atoms with Gasteiger partial charge >= 0.3 is 0 Å². The van der Waals surface area contributed by atoms with E-state index in [2.05, 4.69) is 17.0 Å². The molecule has 0 amide bonds. The highest BCUT2D eigenvalue weighted by Gasteiger charge is 2.18. The fraction of sp³-hybridized carbons (Fsp3) is 0.455. The molecule has 1 heterocycles. The lowest BCUT2D eigenvalue weighted by atomic mass is 10.2. The first kappa shape index (κ1) is 9.81. The molecule has 1 aromatic carbocycles. The normalized spacial score (nSPS) is 14.6. The number of hydrogen-bond donors (Lipinski definition) is 1. The van der Waals surface area contributed by atoms with Gasteiger partial charge in [-0.3, -0.25) is 0 Å². The SMILES string of the molecule is NCCCN1CCc2ccc(Cl)cc21. The van der Waals surface area contributed by atoms with Gasteiger partial charge in [-0.15, -0.1) is 0 Å². The summed E-state index contributed by atoms with van der Waals surface area (Å²) in [6, 6.07) is 6.15. The summed E-state index contributed by atoms with van der Waals surface area (Å²) in [7, 11) is 0. The van der Waals surface area contributed by atoms with Gasteiger partial charge in [0.25, 0.3) is 0 Å². The molecule has 76 valence electrons. The summed E-state index contributed by atoms with van der Waals surface area (Å²) in [5.41, 5.74) is 8.21. The molecule has 0 saturated carbocycles. The molecule has 0 fully saturated rings. The number of anilines is 1. The Labute approximate surface area is 89.7 Å². The molecular weight excluding hydrogens is 196 g/mol. The quantitative estimate of drug-likeness (QED) is 0.828. The second-order valence-electron chi connectivity index (χ2n) is 3.65. The second-order valence-corrected chi connectivity index (χ2v) is 4.09. The molecule has 2 rings (SSSR count). The highest BCUT2D eigenvalue weighted by Crippen LogP contribution is 2.30. The minimum atomic E-state index is 0.756. The van der Waals surface area contributed by atoms with Crippen molar-refractivity contribution in [2.24, 2.45) is 5.73 Å². The summed E-state index contributed by atoms with van der Waals surface area (Å²) >= 11 is 5.97. The van der Waals surface area contributed by atoms with Gasteiger partial charge in [-0.1, -0.05) is 17.7 Å². The van der Waals surface area contributed by atoms with E-state index in [0.29, 0.717) is 0 Å². The maximum absolute atomic E-state index is 5.97. The van der Waals surface area contributed by atoms with Gasteiger partial charge in [0.1, 0.15) is 0 Å². The lowest BCUT2D eigenvalue weighted by Crippen LogP contribution is -2.23. The number of fused-ring (bicyclic) bond motifs is 1. The summed E-state index contributed by atoms with van der Waals surface area (Å²) < 4.78 is 0. The Bertz CT molecular complexity index is 325. The van der Waals surface area contributed by atoms with Crippen molar-refractivity contribution in [3.05, 3.63) is 28.8 Å². The van der Waals surface area contributed by atoms with Gasteiger partial charge in [-0.2, -0.15) is 0 Å². The predicted octanol–water partition coefficient (Wildman–Crippen LogP) is 2.05. The minimum Gasteiger partial charge on any atom is -0.371 e. The first-order chi connectivity index (χ1) is 6.81. The van der Waals surface area contributed by atoms with Crippen LogP contribution >= 0.6 is 11.6 Å².